The summed E-state index contributed by atoms with van der Waals surface area (Å²) < 4.78 is 29.7. The number of fused-ring (bicyclic) bond motifs is 1. The SMILES string of the molecule is [C-]#[N+]c1ccc2c(n1)c(N1C[C@@H](C)N(Cc3c(F)ccc(F)c3Cl)C[C@@H]1C)cc(=O)n2C. The van der Waals surface area contributed by atoms with Gasteiger partial charge in [-0.15, -0.1) is 4.98 Å². The Labute approximate surface area is 189 Å². The summed E-state index contributed by atoms with van der Waals surface area (Å²) in [6, 6.07) is 6.91. The van der Waals surface area contributed by atoms with Gasteiger partial charge in [-0.05, 0) is 38.1 Å². The molecule has 6 nitrogen and oxygen atoms in total. The molecule has 9 heteroatoms. The van der Waals surface area contributed by atoms with Gasteiger partial charge in [0.1, 0.15) is 11.6 Å². The van der Waals surface area contributed by atoms with E-state index in [0.717, 1.165) is 12.1 Å². The Kier molecular flexibility index (Phi) is 5.89. The maximum Gasteiger partial charge on any atom is 0.270 e. The van der Waals surface area contributed by atoms with E-state index in [4.69, 9.17) is 18.2 Å². The van der Waals surface area contributed by atoms with Crippen molar-refractivity contribution in [2.45, 2.75) is 32.5 Å². The van der Waals surface area contributed by atoms with Gasteiger partial charge >= 0.3 is 0 Å². The molecule has 0 spiro atoms. The molecule has 0 unspecified atom stereocenters. The Morgan fingerprint density at radius 3 is 2.59 bits per heavy atom. The van der Waals surface area contributed by atoms with Gasteiger partial charge in [0.25, 0.3) is 11.4 Å². The zero-order chi connectivity index (χ0) is 23.2. The van der Waals surface area contributed by atoms with Crippen LogP contribution in [-0.2, 0) is 13.6 Å². The first kappa shape index (κ1) is 22.2. The maximum absolute atomic E-state index is 14.3. The molecule has 2 atom stereocenters. The van der Waals surface area contributed by atoms with Crippen LogP contribution in [0.4, 0.5) is 20.3 Å². The molecular formula is C23H22ClF2N5O. The predicted octanol–water partition coefficient (Wildman–Crippen LogP) is 4.52. The lowest BCUT2D eigenvalue weighted by molar-refractivity contribution is 0.156. The van der Waals surface area contributed by atoms with E-state index in [1.807, 2.05) is 18.7 Å². The molecule has 0 amide bonds. The summed E-state index contributed by atoms with van der Waals surface area (Å²) >= 11 is 6.03. The molecule has 1 aromatic carbocycles. The van der Waals surface area contributed by atoms with Crippen molar-refractivity contribution in [1.29, 1.82) is 0 Å². The van der Waals surface area contributed by atoms with Gasteiger partial charge in [-0.3, -0.25) is 9.69 Å². The van der Waals surface area contributed by atoms with Gasteiger partial charge in [-0.1, -0.05) is 18.2 Å². The van der Waals surface area contributed by atoms with Crippen molar-refractivity contribution in [3.8, 4) is 0 Å². The Bertz CT molecular complexity index is 1300. The van der Waals surface area contributed by atoms with Gasteiger partial charge in [0.15, 0.2) is 0 Å². The smallest absolute Gasteiger partial charge is 0.270 e. The molecule has 4 rings (SSSR count). The highest BCUT2D eigenvalue weighted by Gasteiger charge is 2.32. The minimum Gasteiger partial charge on any atom is -0.362 e. The first-order chi connectivity index (χ1) is 15.2. The molecule has 1 fully saturated rings. The summed E-state index contributed by atoms with van der Waals surface area (Å²) in [7, 11) is 1.68. The third-order valence-corrected chi connectivity index (χ3v) is 6.50. The van der Waals surface area contributed by atoms with E-state index in [1.165, 1.54) is 4.57 Å². The second-order valence-electron chi connectivity index (χ2n) is 8.18. The van der Waals surface area contributed by atoms with Gasteiger partial charge in [0, 0.05) is 50.4 Å². The third kappa shape index (κ3) is 3.83. The zero-order valence-electron chi connectivity index (χ0n) is 17.9. The summed E-state index contributed by atoms with van der Waals surface area (Å²) in [5.41, 5.74) is 1.88. The van der Waals surface area contributed by atoms with E-state index >= 15 is 0 Å². The first-order valence-corrected chi connectivity index (χ1v) is 10.6. The summed E-state index contributed by atoms with van der Waals surface area (Å²) in [5.74, 6) is -0.921. The average Bonchev–Trinajstić information content (AvgIpc) is 2.78. The lowest BCUT2D eigenvalue weighted by Crippen LogP contribution is -2.56. The number of hydrogen-bond donors (Lipinski definition) is 0. The minimum absolute atomic E-state index is 0.0342. The Morgan fingerprint density at radius 2 is 1.88 bits per heavy atom. The van der Waals surface area contributed by atoms with E-state index in [9.17, 15) is 13.6 Å². The first-order valence-electron chi connectivity index (χ1n) is 10.2. The highest BCUT2D eigenvalue weighted by molar-refractivity contribution is 6.31. The molecule has 3 aromatic rings. The molecule has 0 aliphatic carbocycles. The fraction of sp³-hybridized carbons (Fsp3) is 0.348. The largest absolute Gasteiger partial charge is 0.362 e. The molecule has 1 aliphatic heterocycles. The quantitative estimate of drug-likeness (QED) is 0.428. The number of halogens is 3. The van der Waals surface area contributed by atoms with Gasteiger partial charge in [-0.2, -0.15) is 0 Å². The van der Waals surface area contributed by atoms with Crippen molar-refractivity contribution in [3.63, 3.8) is 0 Å². The molecule has 0 radical (unpaired) electrons. The number of nitrogens with zero attached hydrogens (tertiary/aromatic N) is 5. The molecule has 0 bridgehead atoms. The Balaban J connectivity index is 1.69. The molecule has 3 heterocycles. The molecule has 1 aliphatic rings. The van der Waals surface area contributed by atoms with Crippen molar-refractivity contribution < 1.29 is 8.78 Å². The standard InChI is InChI=1S/C23H22ClF2N5O/c1-13-11-31(14(2)10-30(13)12-15-16(25)5-6-17(26)22(15)24)19-9-21(32)29(4)18-7-8-20(27-3)28-23(18)19/h5-9,13-14H,10-12H2,1-2,4H3/t13-,14+/m1/s1. The summed E-state index contributed by atoms with van der Waals surface area (Å²) in [6.45, 7) is 12.6. The fourth-order valence-electron chi connectivity index (χ4n) is 4.25. The van der Waals surface area contributed by atoms with Crippen LogP contribution in [0.15, 0.2) is 35.1 Å². The van der Waals surface area contributed by atoms with Crippen molar-refractivity contribution in [2.75, 3.05) is 18.0 Å². The van der Waals surface area contributed by atoms with Crippen molar-refractivity contribution in [1.82, 2.24) is 14.5 Å². The van der Waals surface area contributed by atoms with Crippen LogP contribution in [0.5, 0.6) is 0 Å². The summed E-state index contributed by atoms with van der Waals surface area (Å²) in [5, 5.41) is -0.194. The Morgan fingerprint density at radius 1 is 1.16 bits per heavy atom. The van der Waals surface area contributed by atoms with Gasteiger partial charge < -0.3 is 14.3 Å². The second kappa shape index (κ2) is 8.49. The highest BCUT2D eigenvalue weighted by Crippen LogP contribution is 2.31. The molecule has 166 valence electrons. The minimum atomic E-state index is -0.643. The zero-order valence-corrected chi connectivity index (χ0v) is 18.7. The number of benzene rings is 1. The lowest BCUT2D eigenvalue weighted by Gasteiger charge is -2.45. The second-order valence-corrected chi connectivity index (χ2v) is 8.56. The van der Waals surface area contributed by atoms with Crippen LogP contribution < -0.4 is 10.5 Å². The number of rotatable bonds is 3. The topological polar surface area (TPSA) is 45.7 Å². The van der Waals surface area contributed by atoms with Crippen molar-refractivity contribution >= 4 is 34.1 Å². The molecule has 1 saturated heterocycles. The number of hydrogen-bond acceptors (Lipinski definition) is 4. The highest BCUT2D eigenvalue weighted by atomic mass is 35.5. The van der Waals surface area contributed by atoms with E-state index in [1.54, 1.807) is 25.2 Å². The lowest BCUT2D eigenvalue weighted by atomic mass is 10.0. The monoisotopic (exact) mass is 457 g/mol. The summed E-state index contributed by atoms with van der Waals surface area (Å²) in [4.78, 5) is 24.6. The van der Waals surface area contributed by atoms with Crippen LogP contribution in [0.3, 0.4) is 0 Å². The number of anilines is 1. The van der Waals surface area contributed by atoms with Gasteiger partial charge in [-0.25, -0.2) is 8.78 Å². The third-order valence-electron chi connectivity index (χ3n) is 6.09. The van der Waals surface area contributed by atoms with E-state index in [0.29, 0.717) is 29.8 Å². The van der Waals surface area contributed by atoms with Crippen molar-refractivity contribution in [3.05, 3.63) is 74.3 Å². The number of pyridine rings is 2. The van der Waals surface area contributed by atoms with Crippen LogP contribution >= 0.6 is 11.6 Å². The maximum atomic E-state index is 14.3. The molecular weight excluding hydrogens is 436 g/mol. The summed E-state index contributed by atoms with van der Waals surface area (Å²) in [6.07, 6.45) is 0. The number of aromatic nitrogens is 2. The molecule has 0 N–H and O–H groups in total. The predicted molar refractivity (Wildman–Crippen MR) is 121 cm³/mol. The molecule has 2 aromatic heterocycles. The van der Waals surface area contributed by atoms with E-state index in [-0.39, 0.29) is 40.6 Å². The van der Waals surface area contributed by atoms with Crippen LogP contribution in [0.2, 0.25) is 5.02 Å². The number of piperazine rings is 1. The van der Waals surface area contributed by atoms with E-state index < -0.39 is 11.6 Å². The van der Waals surface area contributed by atoms with Gasteiger partial charge in [0.05, 0.1) is 16.2 Å². The van der Waals surface area contributed by atoms with Crippen LogP contribution in [0, 0.1) is 18.2 Å². The van der Waals surface area contributed by atoms with Gasteiger partial charge in [0.2, 0.25) is 5.52 Å². The molecule has 32 heavy (non-hydrogen) atoms. The van der Waals surface area contributed by atoms with E-state index in [2.05, 4.69) is 14.7 Å². The van der Waals surface area contributed by atoms with Crippen LogP contribution in [0.25, 0.3) is 15.9 Å². The molecule has 0 saturated carbocycles. The van der Waals surface area contributed by atoms with Crippen molar-refractivity contribution in [2.24, 2.45) is 7.05 Å². The number of aryl methyl sites for hydroxylation is 1. The average molecular weight is 458 g/mol. The Hall–Kier alpha value is -3.02. The normalized spacial score (nSPS) is 19.3. The van der Waals surface area contributed by atoms with Crippen LogP contribution in [-0.4, -0.2) is 39.6 Å². The van der Waals surface area contributed by atoms with Crippen LogP contribution in [0.1, 0.15) is 19.4 Å². The fourth-order valence-corrected chi connectivity index (χ4v) is 4.47.